The van der Waals surface area contributed by atoms with Crippen molar-refractivity contribution < 1.29 is 13.2 Å². The minimum Gasteiger partial charge on any atom is -0.353 e. The summed E-state index contributed by atoms with van der Waals surface area (Å²) in [6.45, 7) is 6.50. The lowest BCUT2D eigenvalue weighted by Crippen LogP contribution is -2.32. The van der Waals surface area contributed by atoms with Crippen molar-refractivity contribution in [2.24, 2.45) is 0 Å². The number of hydrogen-bond donors (Lipinski definition) is 1. The van der Waals surface area contributed by atoms with Gasteiger partial charge in [-0.3, -0.25) is 4.79 Å². The maximum Gasteiger partial charge on any atom is 0.244 e. The number of rotatable bonds is 9. The molecule has 0 spiro atoms. The van der Waals surface area contributed by atoms with E-state index in [2.05, 4.69) is 28.1 Å². The number of nitrogens with one attached hydrogen (secondary N) is 1. The van der Waals surface area contributed by atoms with E-state index in [4.69, 9.17) is 0 Å². The minimum absolute atomic E-state index is 0.0833. The van der Waals surface area contributed by atoms with Gasteiger partial charge in [-0.25, -0.2) is 12.7 Å². The number of sulfonamides is 1. The Kier molecular flexibility index (Phi) is 7.60. The molecule has 1 aromatic heterocycles. The van der Waals surface area contributed by atoms with Crippen molar-refractivity contribution in [1.82, 2.24) is 14.2 Å². The minimum atomic E-state index is -3.17. The summed E-state index contributed by atoms with van der Waals surface area (Å²) in [4.78, 5) is 12.1. The molecule has 0 atom stereocenters. The highest BCUT2D eigenvalue weighted by Crippen LogP contribution is 2.21. The molecule has 2 rings (SSSR count). The van der Waals surface area contributed by atoms with Crippen molar-refractivity contribution in [3.63, 3.8) is 0 Å². The number of carbonyl (C=O) groups excluding carboxylic acids is 1. The normalized spacial score (nSPS) is 12.0. The van der Waals surface area contributed by atoms with E-state index in [1.54, 1.807) is 14.0 Å². The molecular weight excluding hydrogens is 374 g/mol. The standard InChI is InChI=1S/C21H29N3O3S/c1-5-28(26,27)23(4)15-9-14-22-21(25)13-12-19-16-17(2)24(18(19)3)20-10-7-6-8-11-20/h6-8,10-13,16H,5,9,14-15H2,1-4H3,(H,22,25)/b13-12+. The Hall–Kier alpha value is -2.38. The fourth-order valence-electron chi connectivity index (χ4n) is 3.03. The number of benzene rings is 1. The van der Waals surface area contributed by atoms with Crippen molar-refractivity contribution in [3.05, 3.63) is 59.4 Å². The summed E-state index contributed by atoms with van der Waals surface area (Å²) in [5.41, 5.74) is 4.25. The predicted octanol–water partition coefficient (Wildman–Crippen LogP) is 2.90. The van der Waals surface area contributed by atoms with E-state index in [0.29, 0.717) is 19.5 Å². The molecule has 2 aromatic rings. The molecule has 0 saturated carbocycles. The fraction of sp³-hybridized carbons (Fsp3) is 0.381. The SMILES string of the molecule is CCS(=O)(=O)N(C)CCCNC(=O)/C=C/c1cc(C)n(-c2ccccc2)c1C. The monoisotopic (exact) mass is 403 g/mol. The third-order valence-electron chi connectivity index (χ3n) is 4.69. The van der Waals surface area contributed by atoms with E-state index in [9.17, 15) is 13.2 Å². The second kappa shape index (κ2) is 9.71. The first kappa shape index (κ1) is 21.9. The van der Waals surface area contributed by atoms with Crippen molar-refractivity contribution in [2.45, 2.75) is 27.2 Å². The van der Waals surface area contributed by atoms with Crippen LogP contribution in [0, 0.1) is 13.8 Å². The van der Waals surface area contributed by atoms with E-state index >= 15 is 0 Å². The average Bonchev–Trinajstić information content (AvgIpc) is 2.97. The molecule has 1 N–H and O–H groups in total. The van der Waals surface area contributed by atoms with E-state index in [0.717, 1.165) is 22.6 Å². The van der Waals surface area contributed by atoms with Gasteiger partial charge in [0.05, 0.1) is 5.75 Å². The quantitative estimate of drug-likeness (QED) is 0.517. The molecule has 1 heterocycles. The van der Waals surface area contributed by atoms with Gasteiger partial charge in [-0.05, 0) is 57.0 Å². The summed E-state index contributed by atoms with van der Waals surface area (Å²) in [7, 11) is -1.61. The molecule has 0 aliphatic carbocycles. The van der Waals surface area contributed by atoms with Gasteiger partial charge in [0, 0.05) is 43.3 Å². The Morgan fingerprint density at radius 3 is 2.54 bits per heavy atom. The first-order valence-corrected chi connectivity index (χ1v) is 11.0. The van der Waals surface area contributed by atoms with Gasteiger partial charge in [0.2, 0.25) is 15.9 Å². The topological polar surface area (TPSA) is 71.4 Å². The fourth-order valence-corrected chi connectivity index (χ4v) is 3.88. The summed E-state index contributed by atoms with van der Waals surface area (Å²) in [5, 5.41) is 2.80. The van der Waals surface area contributed by atoms with Gasteiger partial charge in [0.1, 0.15) is 0 Å². The number of aryl methyl sites for hydroxylation is 1. The lowest BCUT2D eigenvalue weighted by atomic mass is 10.2. The molecule has 7 heteroatoms. The molecule has 0 unspecified atom stereocenters. The number of para-hydroxylation sites is 1. The lowest BCUT2D eigenvalue weighted by molar-refractivity contribution is -0.116. The molecule has 0 aliphatic heterocycles. The highest BCUT2D eigenvalue weighted by atomic mass is 32.2. The maximum absolute atomic E-state index is 12.1. The van der Waals surface area contributed by atoms with Gasteiger partial charge in [0.25, 0.3) is 0 Å². The van der Waals surface area contributed by atoms with Crippen LogP contribution >= 0.6 is 0 Å². The Labute approximate surface area is 167 Å². The van der Waals surface area contributed by atoms with E-state index in [1.165, 1.54) is 10.4 Å². The molecule has 0 aliphatic rings. The van der Waals surface area contributed by atoms with Crippen LogP contribution < -0.4 is 5.32 Å². The van der Waals surface area contributed by atoms with Gasteiger partial charge < -0.3 is 9.88 Å². The number of amides is 1. The van der Waals surface area contributed by atoms with Crippen LogP contribution in [0.3, 0.4) is 0 Å². The molecule has 28 heavy (non-hydrogen) atoms. The lowest BCUT2D eigenvalue weighted by Gasteiger charge is -2.15. The molecule has 0 bridgehead atoms. The summed E-state index contributed by atoms with van der Waals surface area (Å²) < 4.78 is 26.8. The van der Waals surface area contributed by atoms with Gasteiger partial charge in [-0.2, -0.15) is 0 Å². The average molecular weight is 404 g/mol. The van der Waals surface area contributed by atoms with Crippen molar-refractivity contribution in [3.8, 4) is 5.69 Å². The Bertz CT molecular complexity index is 931. The van der Waals surface area contributed by atoms with Crippen LogP contribution in [0.15, 0.2) is 42.5 Å². The number of hydrogen-bond acceptors (Lipinski definition) is 3. The third-order valence-corrected chi connectivity index (χ3v) is 6.55. The summed E-state index contributed by atoms with van der Waals surface area (Å²) in [6, 6.07) is 12.1. The van der Waals surface area contributed by atoms with Gasteiger partial charge in [0.15, 0.2) is 0 Å². The first-order valence-electron chi connectivity index (χ1n) is 9.40. The summed E-state index contributed by atoms with van der Waals surface area (Å²) in [6.07, 6.45) is 3.90. The summed E-state index contributed by atoms with van der Waals surface area (Å²) >= 11 is 0. The molecule has 1 aromatic carbocycles. The third kappa shape index (κ3) is 5.56. The van der Waals surface area contributed by atoms with Gasteiger partial charge >= 0.3 is 0 Å². The van der Waals surface area contributed by atoms with Crippen LogP contribution in [-0.4, -0.2) is 49.1 Å². The molecule has 0 fully saturated rings. The highest BCUT2D eigenvalue weighted by molar-refractivity contribution is 7.89. The zero-order valence-electron chi connectivity index (χ0n) is 17.0. The van der Waals surface area contributed by atoms with Crippen molar-refractivity contribution in [1.29, 1.82) is 0 Å². The van der Waals surface area contributed by atoms with Crippen molar-refractivity contribution in [2.75, 3.05) is 25.9 Å². The van der Waals surface area contributed by atoms with Gasteiger partial charge in [-0.15, -0.1) is 0 Å². The van der Waals surface area contributed by atoms with Crippen LogP contribution in [0.5, 0.6) is 0 Å². The zero-order chi connectivity index (χ0) is 20.7. The van der Waals surface area contributed by atoms with Crippen LogP contribution in [0.2, 0.25) is 0 Å². The number of aromatic nitrogens is 1. The summed E-state index contributed by atoms with van der Waals surface area (Å²) in [5.74, 6) is -0.106. The first-order chi connectivity index (χ1) is 13.3. The van der Waals surface area contributed by atoms with Crippen LogP contribution in [0.1, 0.15) is 30.3 Å². The largest absolute Gasteiger partial charge is 0.353 e. The smallest absolute Gasteiger partial charge is 0.244 e. The van der Waals surface area contributed by atoms with E-state index in [1.807, 2.05) is 38.1 Å². The van der Waals surface area contributed by atoms with Crippen LogP contribution in [-0.2, 0) is 14.8 Å². The molecule has 6 nitrogen and oxygen atoms in total. The molecule has 152 valence electrons. The van der Waals surface area contributed by atoms with E-state index < -0.39 is 10.0 Å². The van der Waals surface area contributed by atoms with Crippen LogP contribution in [0.4, 0.5) is 0 Å². The zero-order valence-corrected chi connectivity index (χ0v) is 17.8. The molecule has 0 radical (unpaired) electrons. The second-order valence-electron chi connectivity index (χ2n) is 6.70. The molecule has 1 amide bonds. The Balaban J connectivity index is 1.91. The second-order valence-corrected chi connectivity index (χ2v) is 9.06. The predicted molar refractivity (Wildman–Crippen MR) is 114 cm³/mol. The number of nitrogens with zero attached hydrogens (tertiary/aromatic N) is 2. The molecular formula is C21H29N3O3S. The Morgan fingerprint density at radius 2 is 1.89 bits per heavy atom. The molecule has 0 saturated heterocycles. The maximum atomic E-state index is 12.1. The highest BCUT2D eigenvalue weighted by Gasteiger charge is 2.14. The van der Waals surface area contributed by atoms with Crippen LogP contribution in [0.25, 0.3) is 11.8 Å². The van der Waals surface area contributed by atoms with Crippen molar-refractivity contribution >= 4 is 22.0 Å². The Morgan fingerprint density at radius 1 is 1.21 bits per heavy atom. The number of carbonyl (C=O) groups is 1. The van der Waals surface area contributed by atoms with E-state index in [-0.39, 0.29) is 11.7 Å². The van der Waals surface area contributed by atoms with Gasteiger partial charge in [-0.1, -0.05) is 18.2 Å².